The van der Waals surface area contributed by atoms with Crippen molar-refractivity contribution in [3.8, 4) is 22.8 Å². The van der Waals surface area contributed by atoms with Crippen molar-refractivity contribution in [2.45, 2.75) is 37.0 Å². The number of ether oxygens (including phenoxy) is 2. The lowest BCUT2D eigenvalue weighted by atomic mass is 9.98. The van der Waals surface area contributed by atoms with Gasteiger partial charge in [0.25, 0.3) is 0 Å². The molecule has 1 aromatic carbocycles. The maximum Gasteiger partial charge on any atom is 0.233 e. The maximum absolute atomic E-state index is 12.8. The second-order valence-electron chi connectivity index (χ2n) is 9.27. The van der Waals surface area contributed by atoms with Crippen molar-refractivity contribution >= 4 is 21.5 Å². The van der Waals surface area contributed by atoms with Gasteiger partial charge in [-0.2, -0.15) is 0 Å². The Labute approximate surface area is 202 Å². The first-order valence-corrected chi connectivity index (χ1v) is 13.1. The molecule has 1 spiro atoms. The Hall–Kier alpha value is -3.50. The van der Waals surface area contributed by atoms with E-state index in [-0.39, 0.29) is 16.7 Å². The molecule has 1 aliphatic heterocycles. The van der Waals surface area contributed by atoms with E-state index in [1.54, 1.807) is 18.2 Å². The lowest BCUT2D eigenvalue weighted by Gasteiger charge is -2.12. The van der Waals surface area contributed by atoms with Crippen molar-refractivity contribution in [3.05, 3.63) is 59.9 Å². The molecule has 182 valence electrons. The topological polar surface area (TPSA) is 131 Å². The summed E-state index contributed by atoms with van der Waals surface area (Å²) in [5.41, 5.74) is 2.04. The molecule has 3 heterocycles. The second-order valence-corrected chi connectivity index (χ2v) is 11.2. The van der Waals surface area contributed by atoms with Crippen LogP contribution in [0.25, 0.3) is 11.3 Å². The predicted molar refractivity (Wildman–Crippen MR) is 129 cm³/mol. The van der Waals surface area contributed by atoms with Crippen LogP contribution in [0.4, 0.5) is 0 Å². The van der Waals surface area contributed by atoms with Gasteiger partial charge in [0.2, 0.25) is 5.90 Å². The molecule has 1 fully saturated rings. The molecular weight excluding hydrogens is 470 g/mol. The number of Topliss-reactive ketones (excluding diaryl/α,β-unsaturated/α-hetero) is 1. The maximum atomic E-state index is 12.8. The molecule has 5 rings (SSSR count). The van der Waals surface area contributed by atoms with Crippen LogP contribution in [0, 0.1) is 5.92 Å². The average Bonchev–Trinajstić information content (AvgIpc) is 3.16. The van der Waals surface area contributed by atoms with Gasteiger partial charge in [-0.3, -0.25) is 4.79 Å². The molecule has 0 radical (unpaired) electrons. The van der Waals surface area contributed by atoms with Gasteiger partial charge in [0, 0.05) is 35.4 Å². The molecule has 0 saturated heterocycles. The molecule has 1 saturated carbocycles. The average molecular weight is 496 g/mol. The third-order valence-corrected chi connectivity index (χ3v) is 7.05. The Morgan fingerprint density at radius 2 is 1.91 bits per heavy atom. The predicted octanol–water partition coefficient (Wildman–Crippen LogP) is 3.39. The zero-order valence-electron chi connectivity index (χ0n) is 19.5. The fraction of sp³-hybridized carbons (Fsp3) is 0.320. The normalized spacial score (nSPS) is 21.2. The number of nitrogens with one attached hydrogen (secondary N) is 1. The minimum Gasteiger partial charge on any atom is -0.465 e. The number of nitrogens with zero attached hydrogens (tertiary/aromatic N) is 2. The van der Waals surface area contributed by atoms with Crippen molar-refractivity contribution in [3.63, 3.8) is 0 Å². The van der Waals surface area contributed by atoms with Crippen LogP contribution in [0.3, 0.4) is 0 Å². The van der Waals surface area contributed by atoms with E-state index in [0.29, 0.717) is 41.6 Å². The summed E-state index contributed by atoms with van der Waals surface area (Å²) in [4.78, 5) is 24.5. The van der Waals surface area contributed by atoms with Crippen molar-refractivity contribution < 1.29 is 27.8 Å². The first-order valence-electron chi connectivity index (χ1n) is 11.2. The highest BCUT2D eigenvalue weighted by atomic mass is 32.2. The number of hydrogen-bond acceptors (Lipinski definition) is 8. The van der Waals surface area contributed by atoms with Crippen LogP contribution < -0.4 is 4.74 Å². The van der Waals surface area contributed by atoms with Crippen LogP contribution in [0.2, 0.25) is 0 Å². The lowest BCUT2D eigenvalue weighted by Crippen LogP contribution is -2.19. The molecule has 2 aliphatic rings. The number of benzene rings is 1. The largest absolute Gasteiger partial charge is 0.465 e. The second kappa shape index (κ2) is 8.31. The number of carbonyl (C=O) groups excluding carboxylic acids is 1. The summed E-state index contributed by atoms with van der Waals surface area (Å²) in [6.45, 7) is 4.09. The monoisotopic (exact) mass is 495 g/mol. The number of ketones is 1. The number of H-pyrrole nitrogens is 1. The van der Waals surface area contributed by atoms with Crippen LogP contribution >= 0.6 is 0 Å². The smallest absolute Gasteiger partial charge is 0.233 e. The number of carbonyl (C=O) groups is 1. The third kappa shape index (κ3) is 4.59. The Bertz CT molecular complexity index is 1440. The van der Waals surface area contributed by atoms with Crippen molar-refractivity contribution in [2.24, 2.45) is 10.9 Å². The number of aromatic amines is 1. The zero-order valence-corrected chi connectivity index (χ0v) is 20.3. The van der Waals surface area contributed by atoms with Gasteiger partial charge in [-0.15, -0.1) is 0 Å². The number of aliphatic imine (C=N–C) groups is 1. The molecular formula is C25H25N3O6S. The van der Waals surface area contributed by atoms with Crippen molar-refractivity contribution in [1.82, 2.24) is 9.97 Å². The zero-order chi connectivity index (χ0) is 25.0. The fourth-order valence-electron chi connectivity index (χ4n) is 3.91. The van der Waals surface area contributed by atoms with E-state index in [9.17, 15) is 18.3 Å². The Morgan fingerprint density at radius 3 is 2.51 bits per heavy atom. The van der Waals surface area contributed by atoms with Crippen LogP contribution in [0.1, 0.15) is 36.3 Å². The highest BCUT2D eigenvalue weighted by molar-refractivity contribution is 7.90. The van der Waals surface area contributed by atoms with Gasteiger partial charge < -0.3 is 19.6 Å². The molecule has 2 aromatic heterocycles. The number of aliphatic hydroxyl groups is 1. The molecule has 0 unspecified atom stereocenters. The fourth-order valence-corrected chi connectivity index (χ4v) is 4.47. The van der Waals surface area contributed by atoms with Crippen LogP contribution in [-0.4, -0.2) is 59.7 Å². The van der Waals surface area contributed by atoms with E-state index in [2.05, 4.69) is 15.0 Å². The van der Waals surface area contributed by atoms with E-state index >= 15 is 0 Å². The molecule has 3 aromatic rings. The summed E-state index contributed by atoms with van der Waals surface area (Å²) in [5.74, 6) is 0.950. The molecule has 10 heteroatoms. The number of aromatic nitrogens is 2. The van der Waals surface area contributed by atoms with Crippen molar-refractivity contribution in [1.29, 1.82) is 0 Å². The molecule has 2 N–H and O–H groups in total. The van der Waals surface area contributed by atoms with E-state index in [0.717, 1.165) is 17.5 Å². The Kier molecular flexibility index (Phi) is 5.52. The number of sulfone groups is 1. The van der Waals surface area contributed by atoms with E-state index < -0.39 is 21.5 Å². The third-order valence-electron chi connectivity index (χ3n) is 6.04. The van der Waals surface area contributed by atoms with E-state index in [1.165, 1.54) is 18.3 Å². The number of pyridine rings is 1. The SMILES string of the molecule is CC(C)C(=O)c1cc(Oc2ccc(S(C)(=O)=O)nc2)cc(-c2ccc(C3=NC[C@]4(C[C@H]4O)O3)[nH]2)c1. The van der Waals surface area contributed by atoms with Gasteiger partial charge in [0.05, 0.1) is 18.8 Å². The minimum atomic E-state index is -3.42. The number of hydrogen-bond donors (Lipinski definition) is 2. The first-order chi connectivity index (χ1) is 16.5. The Morgan fingerprint density at radius 1 is 1.17 bits per heavy atom. The quantitative estimate of drug-likeness (QED) is 0.480. The van der Waals surface area contributed by atoms with Gasteiger partial charge in [0.1, 0.15) is 17.2 Å². The molecule has 35 heavy (non-hydrogen) atoms. The van der Waals surface area contributed by atoms with E-state index in [1.807, 2.05) is 26.0 Å². The summed E-state index contributed by atoms with van der Waals surface area (Å²) in [5, 5.41) is 9.76. The summed E-state index contributed by atoms with van der Waals surface area (Å²) >= 11 is 0. The molecule has 2 atom stereocenters. The highest BCUT2D eigenvalue weighted by Gasteiger charge is 2.59. The summed E-state index contributed by atoms with van der Waals surface area (Å²) in [7, 11) is -3.42. The van der Waals surface area contributed by atoms with Crippen molar-refractivity contribution in [2.75, 3.05) is 12.8 Å². The molecule has 9 nitrogen and oxygen atoms in total. The van der Waals surface area contributed by atoms with E-state index in [4.69, 9.17) is 9.47 Å². The lowest BCUT2D eigenvalue weighted by molar-refractivity contribution is 0.0939. The summed E-state index contributed by atoms with van der Waals surface area (Å²) in [6, 6.07) is 11.8. The van der Waals surface area contributed by atoms with Gasteiger partial charge in [0.15, 0.2) is 26.2 Å². The number of aliphatic hydroxyl groups excluding tert-OH is 1. The van der Waals surface area contributed by atoms with Gasteiger partial charge >= 0.3 is 0 Å². The van der Waals surface area contributed by atoms with Crippen LogP contribution in [0.5, 0.6) is 11.5 Å². The Balaban J connectivity index is 1.45. The molecule has 0 amide bonds. The minimum absolute atomic E-state index is 0.0396. The number of rotatable bonds is 7. The highest BCUT2D eigenvalue weighted by Crippen LogP contribution is 2.44. The van der Waals surface area contributed by atoms with Crippen LogP contribution in [-0.2, 0) is 14.6 Å². The van der Waals surface area contributed by atoms with Gasteiger partial charge in [-0.05, 0) is 42.5 Å². The van der Waals surface area contributed by atoms with Gasteiger partial charge in [-0.1, -0.05) is 13.8 Å². The summed E-state index contributed by atoms with van der Waals surface area (Å²) < 4.78 is 35.1. The standard InChI is InChI=1S/C25H25N3O6S/c1-14(2)23(30)16-8-15(9-18(10-16)33-17-4-7-22(26-12-17)35(3,31)32)19-5-6-20(28-19)24-27-13-25(34-24)11-21(25)29/h4-10,12,14,21,28-29H,11,13H2,1-3H3/t21-,25+/m1/s1. The molecule has 1 aliphatic carbocycles. The first kappa shape index (κ1) is 23.3. The van der Waals surface area contributed by atoms with Gasteiger partial charge in [-0.25, -0.2) is 18.4 Å². The van der Waals surface area contributed by atoms with Crippen LogP contribution in [0.15, 0.2) is 58.7 Å². The summed E-state index contributed by atoms with van der Waals surface area (Å²) in [6.07, 6.45) is 2.51. The molecule has 0 bridgehead atoms.